The van der Waals surface area contributed by atoms with E-state index in [2.05, 4.69) is 40.2 Å². The fraction of sp³-hybridized carbons (Fsp3) is 0.543. The second kappa shape index (κ2) is 337. The number of urea groups is 4. The zero-order valence-corrected chi connectivity index (χ0v) is 67.8. The Kier molecular flexibility index (Phi) is 915. The molecule has 0 bridgehead atoms. The van der Waals surface area contributed by atoms with Gasteiger partial charge in [0.2, 0.25) is 24.4 Å². The van der Waals surface area contributed by atoms with Gasteiger partial charge in [-0.05, 0) is 36.5 Å². The number of hydrogen-bond donors (Lipinski definition) is 5. The Morgan fingerprint density at radius 1 is 0.312 bits per heavy atom. The molecule has 37 nitrogen and oxygen atoms in total. The zero-order valence-electron chi connectivity index (χ0n) is 45.1. The van der Waals surface area contributed by atoms with E-state index in [1.165, 1.54) is 28.2 Å². The summed E-state index contributed by atoms with van der Waals surface area (Å²) in [4.78, 5) is 124. The van der Waals surface area contributed by atoms with Crippen molar-refractivity contribution in [3.05, 3.63) is 93.2 Å². The standard InChI is InChI=1S/4C2H6N2O.4C2H5NO2.3C2H6.6CNO.CH4O.4CH4.2CH3.8Y/c4*1-4-2(3)5;4*1-5-2(3)4;3*1-2;6*2-1-3;1-2;;;;;;;;;;;;;;/h4*1H3,(H3,3,4,5);4*1H3,(H2,3,4);3*1-2H3;;;;;;;2H,1H3;4*1H4;2*1H3;;;;;;;;/q;;;;;;;;;;;6*-1;;;;;;2*-1;;;;;;;;/p-8. The first-order chi connectivity index (χ1) is 30.6. The molecule has 0 rings (SSSR count). The molecule has 0 atom stereocenters. The molecule has 13 N–H and O–H groups in total. The Labute approximate surface area is 676 Å². The normalized spacial score (nSPS) is 4.20. The van der Waals surface area contributed by atoms with Gasteiger partial charge in [0.05, 0.1) is 28.4 Å². The van der Waals surface area contributed by atoms with Crippen molar-refractivity contribution < 1.29 is 353 Å². The van der Waals surface area contributed by atoms with E-state index in [0.717, 1.165) is 35.5 Å². The fourth-order valence-corrected chi connectivity index (χ4v) is 0. The molecule has 0 aliphatic rings. The Hall–Kier alpha value is -0.769. The van der Waals surface area contributed by atoms with Crippen molar-refractivity contribution >= 4 is 85.0 Å². The van der Waals surface area contributed by atoms with Crippen LogP contribution in [0.25, 0.3) is 78.3 Å². The summed E-state index contributed by atoms with van der Waals surface area (Å²) in [6, 6.07) is -2.98. The van der Waals surface area contributed by atoms with E-state index < -0.39 is 48.5 Å². The Balaban J connectivity index is -0.0000000101. The number of carbonyl (C=O) groups excluding carboxylic acids is 14. The summed E-state index contributed by atoms with van der Waals surface area (Å²) in [5.41, 5.74) is 48.2. The molecule has 0 aromatic carbocycles. The molecule has 464 valence electrons. The predicted octanol–water partition coefficient (Wildman–Crippen LogP) is 10.2. The van der Waals surface area contributed by atoms with Crippen LogP contribution in [0.2, 0.25) is 0 Å². The van der Waals surface area contributed by atoms with Crippen LogP contribution in [-0.2, 0) is 309 Å². The number of carbonyl (C=O) groups is 8. The quantitative estimate of drug-likeness (QED) is 0.0651. The molecule has 0 aliphatic heterocycles. The van der Waals surface area contributed by atoms with Crippen LogP contribution in [0.1, 0.15) is 71.2 Å². The third kappa shape index (κ3) is 1930. The van der Waals surface area contributed by atoms with E-state index in [0.29, 0.717) is 36.5 Å². The molecule has 0 unspecified atom stereocenters. The molecule has 80 heavy (non-hydrogen) atoms. The van der Waals surface area contributed by atoms with Crippen LogP contribution < -0.4 is 21.3 Å². The molecule has 0 spiro atoms. The molecule has 0 aromatic rings. The van der Waals surface area contributed by atoms with E-state index in [4.69, 9.17) is 112 Å². The van der Waals surface area contributed by atoms with Gasteiger partial charge in [-0.25, -0.2) is 0 Å². The monoisotopic (exact) mass is 1770 g/mol. The first-order valence-electron chi connectivity index (χ1n) is 15.1. The number of rotatable bonds is 0. The van der Waals surface area contributed by atoms with E-state index in [1.54, 1.807) is 0 Å². The SMILES string of the molecule is C.C.C.C.CC.CC.CC.CNC([NH-])=O.CNC([NH-])=O.CNC([NH-])=O.CNC([NH-])=O.CO.COC([NH-])=O.COC([NH-])=O.COC([NH-])=O.COC([NH-])=O.[CH3-].[CH3-].[N-]=C=O.[N-]=C=O.[N-]=C=O.[N-]=C=O.[N-]=C=O.[N-]=C=O.[Y].[Y].[Y].[Y].[Y].[Y].[Y].[Y]. The summed E-state index contributed by atoms with van der Waals surface area (Å²) in [7, 11) is 11.3. The van der Waals surface area contributed by atoms with Crippen LogP contribution in [0.4, 0.5) is 38.4 Å². The number of ether oxygens (including phenoxy) is 4. The number of nitrogens with one attached hydrogen (secondary N) is 12. The van der Waals surface area contributed by atoms with Gasteiger partial charge in [-0.15, -0.1) is 0 Å². The van der Waals surface area contributed by atoms with Crippen molar-refractivity contribution in [2.45, 2.75) is 71.2 Å². The summed E-state index contributed by atoms with van der Waals surface area (Å²) in [5.74, 6) is 0. The van der Waals surface area contributed by atoms with Gasteiger partial charge in [0.25, 0.3) is 0 Å². The van der Waals surface area contributed by atoms with Crippen LogP contribution in [0.3, 0.4) is 0 Å². The first-order valence-corrected chi connectivity index (χ1v) is 15.1. The molecular weight excluding hydrogens is 1690 g/mol. The average Bonchev–Trinajstić information content (AvgIpc) is 3.29. The summed E-state index contributed by atoms with van der Waals surface area (Å²) in [6.07, 6.45) is -0.981. The third-order valence-electron chi connectivity index (χ3n) is 1.65. The van der Waals surface area contributed by atoms with Crippen molar-refractivity contribution in [2.75, 3.05) is 63.7 Å². The topological polar surface area (TPSA) is 668 Å². The van der Waals surface area contributed by atoms with Crippen LogP contribution in [0, 0.1) is 14.9 Å². The van der Waals surface area contributed by atoms with E-state index in [-0.39, 0.29) is 306 Å². The van der Waals surface area contributed by atoms with Crippen molar-refractivity contribution in [3.8, 4) is 0 Å². The predicted molar refractivity (Wildman–Crippen MR) is 278 cm³/mol. The second-order valence-electron chi connectivity index (χ2n) is 4.83. The summed E-state index contributed by atoms with van der Waals surface area (Å²) in [5, 5.41) is 55.8. The van der Waals surface area contributed by atoms with Gasteiger partial charge >= 0.3 is 0 Å². The number of aliphatic hydroxyl groups is 1. The van der Waals surface area contributed by atoms with Gasteiger partial charge in [0, 0.05) is 269 Å². The van der Waals surface area contributed by atoms with Crippen molar-refractivity contribution in [1.29, 1.82) is 0 Å². The minimum Gasteiger partial charge on any atom is -0.724 e. The molecule has 0 saturated heterocycles. The van der Waals surface area contributed by atoms with Crippen molar-refractivity contribution in [3.63, 3.8) is 0 Å². The van der Waals surface area contributed by atoms with E-state index in [9.17, 15) is 38.4 Å². The number of amides is 12. The zero-order chi connectivity index (χ0) is 58.5. The molecule has 0 fully saturated rings. The van der Waals surface area contributed by atoms with Crippen molar-refractivity contribution in [1.82, 2.24) is 21.3 Å². The van der Waals surface area contributed by atoms with Gasteiger partial charge in [0.1, 0.15) is 24.1 Å². The molecule has 0 aliphatic carbocycles. The number of hydrogen-bond acceptors (Lipinski definition) is 19. The molecule has 0 heterocycles. The minimum absolute atomic E-state index is 0. The van der Waals surface area contributed by atoms with Gasteiger partial charge in [-0.3, -0.25) is 67.1 Å². The maximum Gasteiger partial charge on any atom is 0.226 e. The third-order valence-corrected chi connectivity index (χ3v) is 1.65. The molecule has 45 heteroatoms. The Morgan fingerprint density at radius 2 is 0.338 bits per heavy atom. The number of methoxy groups -OCH3 is 4. The Bertz CT molecular complexity index is 994. The average molecular weight is 1770 g/mol. The van der Waals surface area contributed by atoms with Crippen LogP contribution >= 0.6 is 0 Å². The van der Waals surface area contributed by atoms with E-state index >= 15 is 0 Å². The van der Waals surface area contributed by atoms with Gasteiger partial charge in [0.15, 0.2) is 0 Å². The number of aliphatic hydroxyl groups excluding tert-OH is 1. The smallest absolute Gasteiger partial charge is 0.226 e. The largest absolute Gasteiger partial charge is 0.724 e. The maximum absolute atomic E-state index is 9.37. The van der Waals surface area contributed by atoms with Crippen LogP contribution in [-0.4, -0.2) is 154 Å². The molecule has 0 saturated carbocycles. The molecule has 8 radical (unpaired) electrons. The van der Waals surface area contributed by atoms with Gasteiger partial charge < -0.3 is 138 Å². The first kappa shape index (κ1) is 217. The van der Waals surface area contributed by atoms with Crippen LogP contribution in [0.5, 0.6) is 0 Å². The summed E-state index contributed by atoms with van der Waals surface area (Å²) < 4.78 is 15.1. The minimum atomic E-state index is -0.995. The second-order valence-corrected chi connectivity index (χ2v) is 4.83. The molecule has 12 amide bonds. The summed E-state index contributed by atoms with van der Waals surface area (Å²) in [6.45, 7) is 12.0. The summed E-state index contributed by atoms with van der Waals surface area (Å²) >= 11 is 0. The number of nitrogens with zero attached hydrogens (tertiary/aromatic N) is 6. The van der Waals surface area contributed by atoms with Crippen LogP contribution in [0.15, 0.2) is 0 Å². The maximum atomic E-state index is 9.37. The Morgan fingerprint density at radius 3 is 0.338 bits per heavy atom. The van der Waals surface area contributed by atoms with E-state index in [1.807, 2.05) is 41.5 Å². The molecule has 0 aromatic heterocycles. The molecular formula is C35H80N18O19Y8-16. The fourth-order valence-electron chi connectivity index (χ4n) is 0. The number of isocyanates is 6. The van der Waals surface area contributed by atoms with Gasteiger partial charge in [-0.1, -0.05) is 99.4 Å². The van der Waals surface area contributed by atoms with Crippen molar-refractivity contribution in [2.24, 2.45) is 0 Å². The van der Waals surface area contributed by atoms with Gasteiger partial charge in [-0.2, -0.15) is 0 Å².